The summed E-state index contributed by atoms with van der Waals surface area (Å²) < 4.78 is 0. The van der Waals surface area contributed by atoms with Gasteiger partial charge in [-0.05, 0) is 13.8 Å². The van der Waals surface area contributed by atoms with Crippen molar-refractivity contribution in [2.75, 3.05) is 20.1 Å². The molecule has 0 fully saturated rings. The normalized spacial score (nSPS) is 8.25. The van der Waals surface area contributed by atoms with E-state index < -0.39 is 0 Å². The summed E-state index contributed by atoms with van der Waals surface area (Å²) in [6.07, 6.45) is 0.722. The Balaban J connectivity index is 3.48. The van der Waals surface area contributed by atoms with Gasteiger partial charge in [-0.1, -0.05) is 0 Å². The Morgan fingerprint density at radius 1 is 1.58 bits per heavy atom. The fourth-order valence-corrected chi connectivity index (χ4v) is 0.635. The van der Waals surface area contributed by atoms with Crippen molar-refractivity contribution in [3.8, 4) is 11.8 Å². The van der Waals surface area contributed by atoms with Crippen molar-refractivity contribution < 1.29 is 4.79 Å². The number of nitrogens with one attached hydrogen (secondary N) is 1. The molecule has 0 aliphatic rings. The van der Waals surface area contributed by atoms with E-state index in [0.29, 0.717) is 6.54 Å². The van der Waals surface area contributed by atoms with Crippen LogP contribution in [0.2, 0.25) is 0 Å². The lowest BCUT2D eigenvalue weighted by atomic mass is 10.4. The summed E-state index contributed by atoms with van der Waals surface area (Å²) in [4.78, 5) is 12.7. The van der Waals surface area contributed by atoms with Crippen LogP contribution in [0, 0.1) is 11.8 Å². The summed E-state index contributed by atoms with van der Waals surface area (Å²) in [7, 11) is 1.76. The van der Waals surface area contributed by atoms with Crippen LogP contribution in [0.4, 0.5) is 4.79 Å². The van der Waals surface area contributed by atoms with Gasteiger partial charge >= 0.3 is 6.03 Å². The molecule has 0 aromatic rings. The molecule has 0 spiro atoms. The maximum Gasteiger partial charge on any atom is 0.317 e. The quantitative estimate of drug-likeness (QED) is 0.496. The van der Waals surface area contributed by atoms with Crippen LogP contribution in [0.1, 0.15) is 20.3 Å². The molecule has 0 saturated heterocycles. The highest BCUT2D eigenvalue weighted by Gasteiger charge is 2.02. The molecule has 0 aromatic heterocycles. The molecule has 3 heteroatoms. The van der Waals surface area contributed by atoms with Gasteiger partial charge in [-0.15, -0.1) is 11.8 Å². The van der Waals surface area contributed by atoms with E-state index in [2.05, 4.69) is 17.2 Å². The highest BCUT2D eigenvalue weighted by molar-refractivity contribution is 5.73. The van der Waals surface area contributed by atoms with E-state index in [1.54, 1.807) is 18.9 Å². The van der Waals surface area contributed by atoms with Gasteiger partial charge in [0.05, 0.1) is 0 Å². The molecule has 0 heterocycles. The molecule has 68 valence electrons. The SMILES string of the molecule is CC#CCCNC(=O)N(C)CC. The molecule has 0 rings (SSSR count). The van der Waals surface area contributed by atoms with Crippen molar-refractivity contribution in [1.82, 2.24) is 10.2 Å². The van der Waals surface area contributed by atoms with Crippen LogP contribution in [-0.2, 0) is 0 Å². The number of hydrogen-bond donors (Lipinski definition) is 1. The summed E-state index contributed by atoms with van der Waals surface area (Å²) in [5.74, 6) is 5.65. The second kappa shape index (κ2) is 6.53. The van der Waals surface area contributed by atoms with Gasteiger partial charge in [0.25, 0.3) is 0 Å². The van der Waals surface area contributed by atoms with Gasteiger partial charge in [0, 0.05) is 26.6 Å². The van der Waals surface area contributed by atoms with Crippen LogP contribution in [0.3, 0.4) is 0 Å². The van der Waals surface area contributed by atoms with Gasteiger partial charge in [0.1, 0.15) is 0 Å². The van der Waals surface area contributed by atoms with Crippen molar-refractivity contribution in [2.24, 2.45) is 0 Å². The fraction of sp³-hybridized carbons (Fsp3) is 0.667. The highest BCUT2D eigenvalue weighted by Crippen LogP contribution is 1.82. The topological polar surface area (TPSA) is 32.3 Å². The van der Waals surface area contributed by atoms with Gasteiger partial charge < -0.3 is 10.2 Å². The molecule has 0 aliphatic heterocycles. The Morgan fingerprint density at radius 3 is 2.75 bits per heavy atom. The summed E-state index contributed by atoms with van der Waals surface area (Å²) in [5.41, 5.74) is 0. The largest absolute Gasteiger partial charge is 0.337 e. The van der Waals surface area contributed by atoms with Crippen molar-refractivity contribution in [3.63, 3.8) is 0 Å². The molecular weight excluding hydrogens is 152 g/mol. The maximum atomic E-state index is 11.1. The first-order valence-electron chi connectivity index (χ1n) is 4.11. The Morgan fingerprint density at radius 2 is 2.25 bits per heavy atom. The van der Waals surface area contributed by atoms with Crippen LogP contribution in [0.5, 0.6) is 0 Å². The van der Waals surface area contributed by atoms with Gasteiger partial charge in [-0.2, -0.15) is 0 Å². The third-order valence-electron chi connectivity index (χ3n) is 1.52. The predicted octanol–water partition coefficient (Wildman–Crippen LogP) is 1.06. The molecule has 0 unspecified atom stereocenters. The molecule has 0 radical (unpaired) electrons. The first-order chi connectivity index (χ1) is 5.72. The average molecular weight is 168 g/mol. The zero-order chi connectivity index (χ0) is 9.40. The number of rotatable bonds is 3. The summed E-state index contributed by atoms with van der Waals surface area (Å²) >= 11 is 0. The Bertz CT molecular complexity index is 190. The van der Waals surface area contributed by atoms with E-state index in [-0.39, 0.29) is 6.03 Å². The van der Waals surface area contributed by atoms with Crippen molar-refractivity contribution in [1.29, 1.82) is 0 Å². The summed E-state index contributed by atoms with van der Waals surface area (Å²) in [6, 6.07) is -0.0320. The molecule has 0 aliphatic carbocycles. The van der Waals surface area contributed by atoms with Crippen molar-refractivity contribution >= 4 is 6.03 Å². The minimum absolute atomic E-state index is 0.0320. The lowest BCUT2D eigenvalue weighted by Gasteiger charge is -2.14. The van der Waals surface area contributed by atoms with Crippen LogP contribution in [0.15, 0.2) is 0 Å². The summed E-state index contributed by atoms with van der Waals surface area (Å²) in [5, 5.41) is 2.75. The third kappa shape index (κ3) is 4.62. The van der Waals surface area contributed by atoms with Crippen LogP contribution in [0.25, 0.3) is 0 Å². The van der Waals surface area contributed by atoms with Crippen molar-refractivity contribution in [3.05, 3.63) is 0 Å². The van der Waals surface area contributed by atoms with E-state index in [1.165, 1.54) is 0 Å². The first-order valence-corrected chi connectivity index (χ1v) is 4.11. The summed E-state index contributed by atoms with van der Waals surface area (Å²) in [6.45, 7) is 5.08. The molecule has 3 nitrogen and oxygen atoms in total. The number of amides is 2. The highest BCUT2D eigenvalue weighted by atomic mass is 16.2. The first kappa shape index (κ1) is 10.8. The number of carbonyl (C=O) groups excluding carboxylic acids is 1. The Labute approximate surface area is 74.1 Å². The lowest BCUT2D eigenvalue weighted by Crippen LogP contribution is -2.37. The van der Waals surface area contributed by atoms with E-state index >= 15 is 0 Å². The average Bonchev–Trinajstić information content (AvgIpc) is 2.10. The number of nitrogens with zero attached hydrogens (tertiary/aromatic N) is 1. The Hall–Kier alpha value is -1.17. The monoisotopic (exact) mass is 168 g/mol. The molecule has 0 aromatic carbocycles. The standard InChI is InChI=1S/C9H16N2O/c1-4-6-7-8-10-9(12)11(3)5-2/h5,7-8H2,1-3H3,(H,10,12). The van der Waals surface area contributed by atoms with Crippen molar-refractivity contribution in [2.45, 2.75) is 20.3 Å². The zero-order valence-electron chi connectivity index (χ0n) is 7.98. The molecule has 2 amide bonds. The minimum atomic E-state index is -0.0320. The third-order valence-corrected chi connectivity index (χ3v) is 1.52. The fourth-order valence-electron chi connectivity index (χ4n) is 0.635. The second-order valence-electron chi connectivity index (χ2n) is 2.42. The maximum absolute atomic E-state index is 11.1. The van der Waals surface area contributed by atoms with Gasteiger partial charge in [-0.3, -0.25) is 0 Å². The number of urea groups is 1. The van der Waals surface area contributed by atoms with E-state index in [4.69, 9.17) is 0 Å². The second-order valence-corrected chi connectivity index (χ2v) is 2.42. The van der Waals surface area contributed by atoms with Gasteiger partial charge in [0.2, 0.25) is 0 Å². The molecule has 1 N–H and O–H groups in total. The minimum Gasteiger partial charge on any atom is -0.337 e. The molecule has 0 atom stereocenters. The molecule has 0 saturated carbocycles. The van der Waals surface area contributed by atoms with E-state index in [0.717, 1.165) is 13.0 Å². The molecule has 0 bridgehead atoms. The van der Waals surface area contributed by atoms with Gasteiger partial charge in [-0.25, -0.2) is 4.79 Å². The predicted molar refractivity (Wildman–Crippen MR) is 49.8 cm³/mol. The van der Waals surface area contributed by atoms with Crippen LogP contribution < -0.4 is 5.32 Å². The van der Waals surface area contributed by atoms with Gasteiger partial charge in [0.15, 0.2) is 0 Å². The molecular formula is C9H16N2O. The number of carbonyl (C=O) groups is 1. The molecule has 12 heavy (non-hydrogen) atoms. The van der Waals surface area contributed by atoms with E-state index in [9.17, 15) is 4.79 Å². The van der Waals surface area contributed by atoms with E-state index in [1.807, 2.05) is 6.92 Å². The number of hydrogen-bond acceptors (Lipinski definition) is 1. The lowest BCUT2D eigenvalue weighted by molar-refractivity contribution is 0.211. The smallest absolute Gasteiger partial charge is 0.317 e. The Kier molecular flexibility index (Phi) is 5.90. The van der Waals surface area contributed by atoms with Crippen LogP contribution in [-0.4, -0.2) is 31.1 Å². The zero-order valence-corrected chi connectivity index (χ0v) is 7.98. The van der Waals surface area contributed by atoms with Crippen LogP contribution >= 0.6 is 0 Å².